The molecule has 1 amide bonds. The highest BCUT2D eigenvalue weighted by atomic mass is 35.5. The van der Waals surface area contributed by atoms with Gasteiger partial charge in [-0.3, -0.25) is 9.52 Å². The molecule has 11 heteroatoms. The van der Waals surface area contributed by atoms with Crippen molar-refractivity contribution in [3.8, 4) is 11.3 Å². The molecule has 0 spiro atoms. The molecule has 0 aliphatic heterocycles. The van der Waals surface area contributed by atoms with Crippen LogP contribution < -0.4 is 10.0 Å². The van der Waals surface area contributed by atoms with Crippen molar-refractivity contribution < 1.29 is 17.6 Å². The third kappa shape index (κ3) is 5.08. The molecule has 0 unspecified atom stereocenters. The quantitative estimate of drug-likeness (QED) is 0.480. The van der Waals surface area contributed by atoms with Crippen LogP contribution in [0.25, 0.3) is 11.3 Å². The number of carbonyl (C=O) groups excluding carboxylic acids is 1. The fourth-order valence-corrected chi connectivity index (χ4v) is 5.94. The van der Waals surface area contributed by atoms with Gasteiger partial charge in [-0.05, 0) is 61.9 Å². The van der Waals surface area contributed by atoms with Crippen LogP contribution in [-0.4, -0.2) is 24.3 Å². The number of amides is 1. The Hall–Kier alpha value is -2.56. The standard InChI is InChI=1S/C21H20ClFN4O3S2/c1-11-7-15(25-12(2)28)10-24-20(11)32(29,30)27-21-26-19(18(31-21)8-13-3-4-13)14-5-6-17(23)16(22)9-14/h5-7,9-10,13H,3-4,8H2,1-2H3,(H,25,28)(H,26,27). The van der Waals surface area contributed by atoms with Crippen molar-refractivity contribution in [3.05, 3.63) is 51.7 Å². The third-order valence-electron chi connectivity index (χ3n) is 4.89. The van der Waals surface area contributed by atoms with Gasteiger partial charge in [0, 0.05) is 17.4 Å². The van der Waals surface area contributed by atoms with Gasteiger partial charge in [-0.15, -0.1) is 11.3 Å². The van der Waals surface area contributed by atoms with Crippen LogP contribution in [0, 0.1) is 18.7 Å². The van der Waals surface area contributed by atoms with Gasteiger partial charge in [0.2, 0.25) is 5.91 Å². The van der Waals surface area contributed by atoms with Crippen molar-refractivity contribution in [2.45, 2.75) is 38.1 Å². The summed E-state index contributed by atoms with van der Waals surface area (Å²) in [5.41, 5.74) is 2.00. The number of aromatic nitrogens is 2. The van der Waals surface area contributed by atoms with Crippen LogP contribution in [0.5, 0.6) is 0 Å². The summed E-state index contributed by atoms with van der Waals surface area (Å²) in [6, 6.07) is 5.88. The summed E-state index contributed by atoms with van der Waals surface area (Å²) < 4.78 is 42.1. The Morgan fingerprint density at radius 2 is 2.06 bits per heavy atom. The molecular formula is C21H20ClFN4O3S2. The molecule has 0 atom stereocenters. The molecule has 0 radical (unpaired) electrons. The molecule has 2 aromatic heterocycles. The first-order valence-electron chi connectivity index (χ1n) is 9.84. The van der Waals surface area contributed by atoms with Crippen LogP contribution in [0.3, 0.4) is 0 Å². The first-order chi connectivity index (χ1) is 15.1. The summed E-state index contributed by atoms with van der Waals surface area (Å²) in [4.78, 5) is 20.6. The van der Waals surface area contributed by atoms with E-state index in [0.717, 1.165) is 24.1 Å². The predicted molar refractivity (Wildman–Crippen MR) is 123 cm³/mol. The Morgan fingerprint density at radius 1 is 1.31 bits per heavy atom. The number of sulfonamides is 1. The molecule has 1 saturated carbocycles. The molecule has 0 bridgehead atoms. The van der Waals surface area contributed by atoms with Crippen molar-refractivity contribution in [3.63, 3.8) is 0 Å². The molecule has 1 aliphatic carbocycles. The number of anilines is 2. The number of pyridine rings is 1. The van der Waals surface area contributed by atoms with Crippen LogP contribution >= 0.6 is 22.9 Å². The van der Waals surface area contributed by atoms with Crippen molar-refractivity contribution in [2.24, 2.45) is 5.92 Å². The molecule has 2 heterocycles. The Balaban J connectivity index is 1.65. The number of aryl methyl sites for hydroxylation is 1. The van der Waals surface area contributed by atoms with Crippen molar-refractivity contribution in [1.29, 1.82) is 0 Å². The largest absolute Gasteiger partial charge is 0.325 e. The van der Waals surface area contributed by atoms with Gasteiger partial charge in [-0.1, -0.05) is 11.6 Å². The number of hydrogen-bond donors (Lipinski definition) is 2. The molecular weight excluding hydrogens is 475 g/mol. The lowest BCUT2D eigenvalue weighted by molar-refractivity contribution is -0.114. The highest BCUT2D eigenvalue weighted by Gasteiger charge is 2.27. The summed E-state index contributed by atoms with van der Waals surface area (Å²) >= 11 is 7.19. The summed E-state index contributed by atoms with van der Waals surface area (Å²) in [5.74, 6) is -0.265. The van der Waals surface area contributed by atoms with Gasteiger partial charge >= 0.3 is 0 Å². The molecule has 1 aromatic carbocycles. The SMILES string of the molecule is CC(=O)Nc1cnc(S(=O)(=O)Nc2nc(-c3ccc(F)c(Cl)c3)c(CC3CC3)s2)c(C)c1. The molecule has 7 nitrogen and oxygen atoms in total. The van der Waals surface area contributed by atoms with E-state index in [1.54, 1.807) is 13.0 Å². The van der Waals surface area contributed by atoms with E-state index >= 15 is 0 Å². The molecule has 1 aliphatic rings. The summed E-state index contributed by atoms with van der Waals surface area (Å²) in [6.45, 7) is 2.95. The maximum atomic E-state index is 13.6. The number of nitrogens with zero attached hydrogens (tertiary/aromatic N) is 2. The highest BCUT2D eigenvalue weighted by molar-refractivity contribution is 7.92. The van der Waals surface area contributed by atoms with E-state index in [1.807, 2.05) is 0 Å². The van der Waals surface area contributed by atoms with E-state index in [4.69, 9.17) is 11.6 Å². The number of carbonyl (C=O) groups is 1. The van der Waals surface area contributed by atoms with Crippen molar-refractivity contribution in [2.75, 3.05) is 10.0 Å². The number of nitrogens with one attached hydrogen (secondary N) is 2. The van der Waals surface area contributed by atoms with Gasteiger partial charge in [-0.2, -0.15) is 8.42 Å². The molecule has 2 N–H and O–H groups in total. The van der Waals surface area contributed by atoms with Crippen LogP contribution in [0.1, 0.15) is 30.2 Å². The number of rotatable bonds is 7. The van der Waals surface area contributed by atoms with Crippen LogP contribution in [-0.2, 0) is 21.2 Å². The minimum absolute atomic E-state index is 0.0194. The zero-order chi connectivity index (χ0) is 23.0. The number of thiazole rings is 1. The predicted octanol–water partition coefficient (Wildman–Crippen LogP) is 5.02. The molecule has 1 fully saturated rings. The summed E-state index contributed by atoms with van der Waals surface area (Å²) in [6.07, 6.45) is 4.29. The average Bonchev–Trinajstić information content (AvgIpc) is 3.42. The van der Waals surface area contributed by atoms with Gasteiger partial charge in [0.1, 0.15) is 5.82 Å². The van der Waals surface area contributed by atoms with Crippen molar-refractivity contribution in [1.82, 2.24) is 9.97 Å². The summed E-state index contributed by atoms with van der Waals surface area (Å²) in [5, 5.41) is 2.59. The van der Waals surface area contributed by atoms with Crippen LogP contribution in [0.4, 0.5) is 15.2 Å². The van der Waals surface area contributed by atoms with Gasteiger partial charge in [-0.25, -0.2) is 14.4 Å². The third-order valence-corrected chi connectivity index (χ3v) is 7.70. The topological polar surface area (TPSA) is 101 Å². The second kappa shape index (κ2) is 8.76. The number of benzene rings is 1. The van der Waals surface area contributed by atoms with Crippen LogP contribution in [0.2, 0.25) is 5.02 Å². The smallest absolute Gasteiger partial charge is 0.281 e. The molecule has 4 rings (SSSR count). The first-order valence-corrected chi connectivity index (χ1v) is 12.5. The number of hydrogen-bond acceptors (Lipinski definition) is 6. The second-order valence-electron chi connectivity index (χ2n) is 7.70. The Labute approximate surface area is 194 Å². The number of halogens is 2. The van der Waals surface area contributed by atoms with E-state index in [0.29, 0.717) is 28.4 Å². The zero-order valence-electron chi connectivity index (χ0n) is 17.3. The van der Waals surface area contributed by atoms with Crippen molar-refractivity contribution >= 4 is 49.7 Å². The fourth-order valence-electron chi connectivity index (χ4n) is 3.27. The Kier molecular flexibility index (Phi) is 6.19. The minimum atomic E-state index is -4.01. The molecule has 168 valence electrons. The van der Waals surface area contributed by atoms with Gasteiger partial charge in [0.05, 0.1) is 22.6 Å². The normalized spacial score (nSPS) is 13.8. The van der Waals surface area contributed by atoms with E-state index in [9.17, 15) is 17.6 Å². The Bertz CT molecular complexity index is 1310. The molecule has 32 heavy (non-hydrogen) atoms. The van der Waals surface area contributed by atoms with E-state index in [2.05, 4.69) is 20.0 Å². The van der Waals surface area contributed by atoms with E-state index in [1.165, 1.54) is 42.7 Å². The lowest BCUT2D eigenvalue weighted by Crippen LogP contribution is -2.16. The van der Waals surface area contributed by atoms with E-state index in [-0.39, 0.29) is 21.1 Å². The van der Waals surface area contributed by atoms with Gasteiger partial charge in [0.15, 0.2) is 10.2 Å². The monoisotopic (exact) mass is 494 g/mol. The highest BCUT2D eigenvalue weighted by Crippen LogP contribution is 2.40. The van der Waals surface area contributed by atoms with Gasteiger partial charge < -0.3 is 5.32 Å². The average molecular weight is 495 g/mol. The zero-order valence-corrected chi connectivity index (χ0v) is 19.7. The maximum absolute atomic E-state index is 13.6. The summed E-state index contributed by atoms with van der Waals surface area (Å²) in [7, 11) is -4.01. The van der Waals surface area contributed by atoms with Gasteiger partial charge in [0.25, 0.3) is 10.0 Å². The second-order valence-corrected chi connectivity index (χ2v) is 10.8. The first kappa shape index (κ1) is 22.6. The minimum Gasteiger partial charge on any atom is -0.325 e. The molecule has 0 saturated heterocycles. The van der Waals surface area contributed by atoms with Crippen LogP contribution in [0.15, 0.2) is 35.5 Å². The Morgan fingerprint density at radius 3 is 2.69 bits per heavy atom. The maximum Gasteiger partial charge on any atom is 0.281 e. The van der Waals surface area contributed by atoms with E-state index < -0.39 is 15.8 Å². The molecule has 3 aromatic rings. The lowest BCUT2D eigenvalue weighted by atomic mass is 10.1. The fraction of sp³-hybridized carbons (Fsp3) is 0.286. The lowest BCUT2D eigenvalue weighted by Gasteiger charge is -2.09.